The van der Waals surface area contributed by atoms with Crippen LogP contribution >= 0.6 is 16.1 Å². The topological polar surface area (TPSA) is 56.2 Å². The molecule has 158 valence electrons. The van der Waals surface area contributed by atoms with Gasteiger partial charge in [-0.15, -0.1) is 0 Å². The molecule has 1 aliphatic rings. The van der Waals surface area contributed by atoms with Gasteiger partial charge in [0.25, 0.3) is 0 Å². The third kappa shape index (κ3) is 9.47. The van der Waals surface area contributed by atoms with Gasteiger partial charge in [0.2, 0.25) is 0 Å². The molecule has 0 aliphatic carbocycles. The standard InChI is InChI=1S/C14H29BrN2O2.C6H14O/c1-6-8-19-9-7-16(18)12-10-13(2,3)17(15)14(4,5)11-12;1-3-6(2)4-5-7/h12,18H,6-11H2,1-5H3;6-7H,3-5H2,1-2H3. The SMILES string of the molecule is CCC(C)CCO.CCCOCCN(O)C1CC(C)(C)N(Br)C(C)(C)C1. The van der Waals surface area contributed by atoms with Crippen LogP contribution in [0.1, 0.15) is 80.6 Å². The maximum Gasteiger partial charge on any atom is 0.0616 e. The lowest BCUT2D eigenvalue weighted by atomic mass is 9.79. The monoisotopic (exact) mass is 438 g/mol. The van der Waals surface area contributed by atoms with E-state index in [-0.39, 0.29) is 17.1 Å². The molecule has 1 fully saturated rings. The molecule has 5 nitrogen and oxygen atoms in total. The Hall–Kier alpha value is 0.280. The zero-order valence-electron chi connectivity index (χ0n) is 18.1. The highest BCUT2D eigenvalue weighted by atomic mass is 79.9. The normalized spacial score (nSPS) is 21.3. The number of halogens is 1. The van der Waals surface area contributed by atoms with E-state index in [4.69, 9.17) is 9.84 Å². The van der Waals surface area contributed by atoms with Crippen molar-refractivity contribution in [3.8, 4) is 0 Å². The van der Waals surface area contributed by atoms with Gasteiger partial charge in [0.05, 0.1) is 6.61 Å². The fourth-order valence-electron chi connectivity index (χ4n) is 3.43. The summed E-state index contributed by atoms with van der Waals surface area (Å²) < 4.78 is 7.69. The second-order valence-corrected chi connectivity index (χ2v) is 9.48. The first-order valence-corrected chi connectivity index (χ1v) is 10.8. The Morgan fingerprint density at radius 3 is 2.08 bits per heavy atom. The van der Waals surface area contributed by atoms with E-state index in [0.29, 0.717) is 25.7 Å². The molecule has 1 rings (SSSR count). The van der Waals surface area contributed by atoms with Crippen molar-refractivity contribution in [1.29, 1.82) is 0 Å². The molecule has 0 aromatic heterocycles. The van der Waals surface area contributed by atoms with Gasteiger partial charge in [-0.3, -0.25) is 0 Å². The van der Waals surface area contributed by atoms with Crippen molar-refractivity contribution in [2.45, 2.75) is 97.7 Å². The Balaban J connectivity index is 0.000000758. The zero-order valence-corrected chi connectivity index (χ0v) is 19.7. The van der Waals surface area contributed by atoms with Crippen LogP contribution in [0.4, 0.5) is 0 Å². The smallest absolute Gasteiger partial charge is 0.0616 e. The van der Waals surface area contributed by atoms with Crippen molar-refractivity contribution in [3.05, 3.63) is 0 Å². The van der Waals surface area contributed by atoms with Gasteiger partial charge in [-0.2, -0.15) is 5.06 Å². The van der Waals surface area contributed by atoms with Crippen molar-refractivity contribution in [1.82, 2.24) is 8.99 Å². The number of aliphatic hydroxyl groups is 1. The number of ether oxygens (including phenoxy) is 1. The van der Waals surface area contributed by atoms with Crippen molar-refractivity contribution >= 4 is 16.1 Å². The molecule has 1 heterocycles. The highest BCUT2D eigenvalue weighted by Crippen LogP contribution is 2.42. The number of hydrogen-bond donors (Lipinski definition) is 2. The summed E-state index contributed by atoms with van der Waals surface area (Å²) in [6, 6.07) is 0.184. The van der Waals surface area contributed by atoms with Crippen LogP contribution in [0.3, 0.4) is 0 Å². The second-order valence-electron chi connectivity index (χ2n) is 8.77. The highest BCUT2D eigenvalue weighted by molar-refractivity contribution is 9.07. The number of hydrogen-bond acceptors (Lipinski definition) is 5. The van der Waals surface area contributed by atoms with Crippen LogP contribution in [-0.4, -0.2) is 62.8 Å². The Morgan fingerprint density at radius 2 is 1.69 bits per heavy atom. The van der Waals surface area contributed by atoms with Gasteiger partial charge in [0, 0.05) is 53.0 Å². The van der Waals surface area contributed by atoms with Gasteiger partial charge in [-0.05, 0) is 59.3 Å². The first kappa shape index (κ1) is 26.3. The van der Waals surface area contributed by atoms with E-state index in [1.54, 1.807) is 0 Å². The molecule has 26 heavy (non-hydrogen) atoms. The van der Waals surface area contributed by atoms with Crippen molar-refractivity contribution < 1.29 is 15.1 Å². The number of nitrogens with zero attached hydrogens (tertiary/aromatic N) is 2. The fraction of sp³-hybridized carbons (Fsp3) is 1.00. The molecule has 0 spiro atoms. The van der Waals surface area contributed by atoms with Crippen LogP contribution in [0.2, 0.25) is 0 Å². The van der Waals surface area contributed by atoms with Crippen LogP contribution in [0, 0.1) is 5.92 Å². The average molecular weight is 439 g/mol. The summed E-state index contributed by atoms with van der Waals surface area (Å²) >= 11 is 3.69. The van der Waals surface area contributed by atoms with Gasteiger partial charge in [-0.25, -0.2) is 3.93 Å². The molecule has 0 radical (unpaired) electrons. The van der Waals surface area contributed by atoms with Gasteiger partial charge >= 0.3 is 0 Å². The summed E-state index contributed by atoms with van der Waals surface area (Å²) in [5, 5.41) is 20.1. The van der Waals surface area contributed by atoms with Crippen molar-refractivity contribution in [3.63, 3.8) is 0 Å². The van der Waals surface area contributed by atoms with Crippen molar-refractivity contribution in [2.24, 2.45) is 5.92 Å². The fourth-order valence-corrected chi connectivity index (χ4v) is 3.72. The van der Waals surface area contributed by atoms with Crippen molar-refractivity contribution in [2.75, 3.05) is 26.4 Å². The molecule has 0 aromatic rings. The van der Waals surface area contributed by atoms with E-state index < -0.39 is 0 Å². The molecule has 1 saturated heterocycles. The predicted molar refractivity (Wildman–Crippen MR) is 113 cm³/mol. The summed E-state index contributed by atoms with van der Waals surface area (Å²) in [5.41, 5.74) is 0.0509. The van der Waals surface area contributed by atoms with Crippen LogP contribution in [0.15, 0.2) is 0 Å². The quantitative estimate of drug-likeness (QED) is 0.306. The minimum absolute atomic E-state index is 0.0255. The number of piperidine rings is 1. The van der Waals surface area contributed by atoms with E-state index in [0.717, 1.165) is 32.3 Å². The third-order valence-corrected chi connectivity index (χ3v) is 7.01. The lowest BCUT2D eigenvalue weighted by molar-refractivity contribution is -0.165. The Bertz CT molecular complexity index is 349. The van der Waals surface area contributed by atoms with Gasteiger partial charge in [-0.1, -0.05) is 27.2 Å². The van der Waals surface area contributed by atoms with Crippen LogP contribution in [-0.2, 0) is 4.74 Å². The van der Waals surface area contributed by atoms with Crippen LogP contribution in [0.25, 0.3) is 0 Å². The molecule has 0 aromatic carbocycles. The summed E-state index contributed by atoms with van der Waals surface area (Å²) in [7, 11) is 0. The Morgan fingerprint density at radius 1 is 1.15 bits per heavy atom. The molecule has 1 atom stereocenters. The number of rotatable bonds is 9. The summed E-state index contributed by atoms with van der Waals surface area (Å²) in [6.07, 6.45) is 5.03. The molecule has 2 N–H and O–H groups in total. The molecule has 0 amide bonds. The minimum atomic E-state index is 0.0255. The number of aliphatic hydroxyl groups excluding tert-OH is 1. The second kappa shape index (κ2) is 12.7. The average Bonchev–Trinajstić information content (AvgIpc) is 2.56. The molecule has 0 bridgehead atoms. The summed E-state index contributed by atoms with van der Waals surface area (Å²) in [4.78, 5) is 0. The maximum absolute atomic E-state index is 10.2. The summed E-state index contributed by atoms with van der Waals surface area (Å²) in [5.74, 6) is 0.699. The largest absolute Gasteiger partial charge is 0.396 e. The van der Waals surface area contributed by atoms with Crippen LogP contribution in [0.5, 0.6) is 0 Å². The Labute approximate surface area is 170 Å². The first-order chi connectivity index (χ1) is 12.0. The molecule has 6 heteroatoms. The van der Waals surface area contributed by atoms with E-state index in [1.165, 1.54) is 11.5 Å². The summed E-state index contributed by atoms with van der Waals surface area (Å²) in [6.45, 7) is 17.5. The third-order valence-electron chi connectivity index (χ3n) is 5.09. The highest BCUT2D eigenvalue weighted by Gasteiger charge is 2.45. The van der Waals surface area contributed by atoms with E-state index >= 15 is 0 Å². The van der Waals surface area contributed by atoms with Crippen LogP contribution < -0.4 is 0 Å². The van der Waals surface area contributed by atoms with Gasteiger partial charge < -0.3 is 15.1 Å². The molecule has 1 aliphatic heterocycles. The zero-order chi connectivity index (χ0) is 20.4. The van der Waals surface area contributed by atoms with E-state index in [1.807, 2.05) is 0 Å². The number of hydroxylamine groups is 2. The predicted octanol–water partition coefficient (Wildman–Crippen LogP) is 4.85. The van der Waals surface area contributed by atoms with Gasteiger partial charge in [0.15, 0.2) is 0 Å². The molecular formula is C20H43BrN2O3. The lowest BCUT2D eigenvalue weighted by Gasteiger charge is -2.53. The van der Waals surface area contributed by atoms with E-state index in [9.17, 15) is 5.21 Å². The van der Waals surface area contributed by atoms with E-state index in [2.05, 4.69) is 68.5 Å². The van der Waals surface area contributed by atoms with Gasteiger partial charge in [0.1, 0.15) is 0 Å². The molecular weight excluding hydrogens is 396 g/mol. The minimum Gasteiger partial charge on any atom is -0.396 e. The first-order valence-electron chi connectivity index (χ1n) is 10.1. The molecule has 0 saturated carbocycles. The maximum atomic E-state index is 10.2. The Kier molecular flexibility index (Phi) is 12.8. The molecule has 1 unspecified atom stereocenters. The lowest BCUT2D eigenvalue weighted by Crippen LogP contribution is -2.60.